The van der Waals surface area contributed by atoms with Gasteiger partial charge in [-0.1, -0.05) is 0 Å². The molecule has 0 unspecified atom stereocenters. The van der Waals surface area contributed by atoms with E-state index in [1.165, 1.54) is 18.3 Å². The molecule has 92 valence electrons. The van der Waals surface area contributed by atoms with Gasteiger partial charge in [-0.25, -0.2) is 9.78 Å². The molecule has 2 N–H and O–H groups in total. The van der Waals surface area contributed by atoms with E-state index in [9.17, 15) is 4.79 Å². The lowest BCUT2D eigenvalue weighted by molar-refractivity contribution is 0.0697. The number of rotatable bonds is 4. The van der Waals surface area contributed by atoms with Crippen molar-refractivity contribution in [3.63, 3.8) is 0 Å². The minimum Gasteiger partial charge on any atom is -0.478 e. The van der Waals surface area contributed by atoms with Gasteiger partial charge in [0, 0.05) is 25.1 Å². The standard InChI is InChI=1S/C13H13N3O2/c1-9-7-14-4-2-11(9)8-16-12-6-10(13(17)18)3-5-15-12/h2-7H,8H2,1H3,(H,15,16)(H,17,18). The van der Waals surface area contributed by atoms with Gasteiger partial charge in [-0.2, -0.15) is 0 Å². The van der Waals surface area contributed by atoms with Crippen LogP contribution in [0.1, 0.15) is 21.5 Å². The largest absolute Gasteiger partial charge is 0.478 e. The summed E-state index contributed by atoms with van der Waals surface area (Å²) >= 11 is 0. The van der Waals surface area contributed by atoms with Crippen LogP contribution >= 0.6 is 0 Å². The van der Waals surface area contributed by atoms with Crippen molar-refractivity contribution >= 4 is 11.8 Å². The van der Waals surface area contributed by atoms with Gasteiger partial charge in [0.15, 0.2) is 0 Å². The average Bonchev–Trinajstić information content (AvgIpc) is 2.38. The molecule has 18 heavy (non-hydrogen) atoms. The summed E-state index contributed by atoms with van der Waals surface area (Å²) in [6.45, 7) is 2.57. The predicted octanol–water partition coefficient (Wildman–Crippen LogP) is 2.10. The lowest BCUT2D eigenvalue weighted by Gasteiger charge is -2.08. The summed E-state index contributed by atoms with van der Waals surface area (Å²) in [6, 6.07) is 4.90. The number of hydrogen-bond donors (Lipinski definition) is 2. The van der Waals surface area contributed by atoms with Gasteiger partial charge < -0.3 is 10.4 Å². The first-order valence-electron chi connectivity index (χ1n) is 5.49. The van der Waals surface area contributed by atoms with Crippen molar-refractivity contribution in [3.8, 4) is 0 Å². The highest BCUT2D eigenvalue weighted by molar-refractivity contribution is 5.88. The maximum Gasteiger partial charge on any atom is 0.335 e. The van der Waals surface area contributed by atoms with Gasteiger partial charge in [0.1, 0.15) is 5.82 Å². The fraction of sp³-hybridized carbons (Fsp3) is 0.154. The van der Waals surface area contributed by atoms with Gasteiger partial charge in [0.2, 0.25) is 0 Å². The Kier molecular flexibility index (Phi) is 3.52. The van der Waals surface area contributed by atoms with Gasteiger partial charge in [-0.3, -0.25) is 4.98 Å². The highest BCUT2D eigenvalue weighted by Crippen LogP contribution is 2.10. The topological polar surface area (TPSA) is 75.1 Å². The molecular weight excluding hydrogens is 230 g/mol. The fourth-order valence-electron chi connectivity index (χ4n) is 1.55. The van der Waals surface area contributed by atoms with Crippen molar-refractivity contribution < 1.29 is 9.90 Å². The highest BCUT2D eigenvalue weighted by Gasteiger charge is 2.04. The molecule has 0 radical (unpaired) electrons. The molecule has 2 aromatic rings. The van der Waals surface area contributed by atoms with Crippen molar-refractivity contribution in [2.24, 2.45) is 0 Å². The molecule has 0 bridgehead atoms. The van der Waals surface area contributed by atoms with Crippen LogP contribution in [0.4, 0.5) is 5.82 Å². The number of aromatic carboxylic acids is 1. The maximum atomic E-state index is 10.8. The molecule has 0 fully saturated rings. The Bertz CT molecular complexity index is 570. The first-order chi connectivity index (χ1) is 8.66. The number of aryl methyl sites for hydroxylation is 1. The third-order valence-electron chi connectivity index (χ3n) is 2.60. The number of nitrogens with one attached hydrogen (secondary N) is 1. The molecule has 0 aliphatic carbocycles. The van der Waals surface area contributed by atoms with Crippen LogP contribution in [-0.2, 0) is 6.54 Å². The van der Waals surface area contributed by atoms with Crippen molar-refractivity contribution in [1.29, 1.82) is 0 Å². The summed E-state index contributed by atoms with van der Waals surface area (Å²) in [6.07, 6.45) is 4.99. The molecule has 0 amide bonds. The second kappa shape index (κ2) is 5.27. The molecule has 0 spiro atoms. The van der Waals surface area contributed by atoms with Crippen molar-refractivity contribution in [2.75, 3.05) is 5.32 Å². The SMILES string of the molecule is Cc1cnccc1CNc1cc(C(=O)O)ccn1. The first kappa shape index (κ1) is 12.0. The number of anilines is 1. The molecular formula is C13H13N3O2. The normalized spacial score (nSPS) is 10.1. The zero-order valence-corrected chi connectivity index (χ0v) is 9.92. The second-order valence-electron chi connectivity index (χ2n) is 3.89. The van der Waals surface area contributed by atoms with Crippen LogP contribution in [0.3, 0.4) is 0 Å². The fourth-order valence-corrected chi connectivity index (χ4v) is 1.55. The van der Waals surface area contributed by atoms with Gasteiger partial charge >= 0.3 is 5.97 Å². The van der Waals surface area contributed by atoms with E-state index in [0.717, 1.165) is 11.1 Å². The van der Waals surface area contributed by atoms with Crippen LogP contribution in [0.25, 0.3) is 0 Å². The molecule has 0 saturated heterocycles. The predicted molar refractivity (Wildman–Crippen MR) is 67.5 cm³/mol. The third kappa shape index (κ3) is 2.82. The van der Waals surface area contributed by atoms with Crippen molar-refractivity contribution in [1.82, 2.24) is 9.97 Å². The molecule has 2 rings (SSSR count). The monoisotopic (exact) mass is 243 g/mol. The Morgan fingerprint density at radius 2 is 2.22 bits per heavy atom. The Hall–Kier alpha value is -2.43. The molecule has 0 saturated carbocycles. The second-order valence-corrected chi connectivity index (χ2v) is 3.89. The van der Waals surface area contributed by atoms with E-state index in [4.69, 9.17) is 5.11 Å². The Morgan fingerprint density at radius 1 is 1.39 bits per heavy atom. The summed E-state index contributed by atoms with van der Waals surface area (Å²) in [5.74, 6) is -0.411. The van der Waals surface area contributed by atoms with E-state index in [1.54, 1.807) is 12.4 Å². The van der Waals surface area contributed by atoms with E-state index >= 15 is 0 Å². The molecule has 0 aliphatic rings. The van der Waals surface area contributed by atoms with E-state index in [-0.39, 0.29) is 5.56 Å². The zero-order chi connectivity index (χ0) is 13.0. The van der Waals surface area contributed by atoms with Crippen LogP contribution in [0.2, 0.25) is 0 Å². The van der Waals surface area contributed by atoms with Crippen molar-refractivity contribution in [2.45, 2.75) is 13.5 Å². The molecule has 5 heteroatoms. The smallest absolute Gasteiger partial charge is 0.335 e. The number of nitrogens with zero attached hydrogens (tertiary/aromatic N) is 2. The molecule has 0 atom stereocenters. The Labute approximate surface area is 105 Å². The quantitative estimate of drug-likeness (QED) is 0.860. The van der Waals surface area contributed by atoms with Crippen LogP contribution in [0.15, 0.2) is 36.8 Å². The van der Waals surface area contributed by atoms with Crippen LogP contribution in [0.5, 0.6) is 0 Å². The third-order valence-corrected chi connectivity index (χ3v) is 2.60. The van der Waals surface area contributed by atoms with Gasteiger partial charge in [0.25, 0.3) is 0 Å². The maximum absolute atomic E-state index is 10.8. The van der Waals surface area contributed by atoms with E-state index in [0.29, 0.717) is 12.4 Å². The van der Waals surface area contributed by atoms with Crippen LogP contribution in [-0.4, -0.2) is 21.0 Å². The molecule has 5 nitrogen and oxygen atoms in total. The summed E-state index contributed by atoms with van der Waals surface area (Å²) < 4.78 is 0. The molecule has 2 heterocycles. The number of carbonyl (C=O) groups is 1. The minimum atomic E-state index is -0.958. The Morgan fingerprint density at radius 3 is 2.94 bits per heavy atom. The van der Waals surface area contributed by atoms with Gasteiger partial charge in [-0.15, -0.1) is 0 Å². The molecule has 2 aromatic heterocycles. The Balaban J connectivity index is 2.09. The average molecular weight is 243 g/mol. The van der Waals surface area contributed by atoms with Crippen molar-refractivity contribution in [3.05, 3.63) is 53.5 Å². The molecule has 0 aromatic carbocycles. The zero-order valence-electron chi connectivity index (χ0n) is 9.92. The highest BCUT2D eigenvalue weighted by atomic mass is 16.4. The summed E-state index contributed by atoms with van der Waals surface area (Å²) in [5.41, 5.74) is 2.41. The van der Waals surface area contributed by atoms with E-state index in [2.05, 4.69) is 15.3 Å². The van der Waals surface area contributed by atoms with Gasteiger partial charge in [0.05, 0.1) is 5.56 Å². The van der Waals surface area contributed by atoms with Crippen LogP contribution in [0, 0.1) is 6.92 Å². The minimum absolute atomic E-state index is 0.221. The van der Waals surface area contributed by atoms with Gasteiger partial charge in [-0.05, 0) is 36.2 Å². The number of carboxylic acids is 1. The first-order valence-corrected chi connectivity index (χ1v) is 5.49. The number of hydrogen-bond acceptors (Lipinski definition) is 4. The van der Waals surface area contributed by atoms with E-state index in [1.807, 2.05) is 13.0 Å². The number of pyridine rings is 2. The lowest BCUT2D eigenvalue weighted by Crippen LogP contribution is -2.05. The van der Waals surface area contributed by atoms with E-state index < -0.39 is 5.97 Å². The summed E-state index contributed by atoms with van der Waals surface area (Å²) in [4.78, 5) is 18.9. The lowest BCUT2D eigenvalue weighted by atomic mass is 10.1. The number of aromatic nitrogens is 2. The molecule has 0 aliphatic heterocycles. The summed E-state index contributed by atoms with van der Waals surface area (Å²) in [5, 5.41) is 12.0. The summed E-state index contributed by atoms with van der Waals surface area (Å²) in [7, 11) is 0. The van der Waals surface area contributed by atoms with Crippen LogP contribution < -0.4 is 5.32 Å². The number of carboxylic acid groups (broad SMARTS) is 1.